The van der Waals surface area contributed by atoms with Crippen molar-refractivity contribution in [2.45, 2.75) is 31.8 Å². The monoisotopic (exact) mass is 459 g/mol. The minimum Gasteiger partial charge on any atom is -0.447 e. The van der Waals surface area contributed by atoms with Crippen molar-refractivity contribution in [3.8, 4) is 11.1 Å². The van der Waals surface area contributed by atoms with E-state index < -0.39 is 0 Å². The number of hydrogen-bond donors (Lipinski definition) is 2. The van der Waals surface area contributed by atoms with Gasteiger partial charge in [-0.3, -0.25) is 4.79 Å². The van der Waals surface area contributed by atoms with E-state index in [1.807, 2.05) is 12.3 Å². The normalized spacial score (nSPS) is 14.7. The Kier molecular flexibility index (Phi) is 6.42. The van der Waals surface area contributed by atoms with Crippen LogP contribution in [-0.4, -0.2) is 53.1 Å². The van der Waals surface area contributed by atoms with Crippen LogP contribution in [0.15, 0.2) is 53.5 Å². The van der Waals surface area contributed by atoms with Gasteiger partial charge in [0.05, 0.1) is 18.3 Å². The van der Waals surface area contributed by atoms with Crippen LogP contribution in [0.5, 0.6) is 0 Å². The molecule has 8 nitrogen and oxygen atoms in total. The lowest BCUT2D eigenvalue weighted by atomic mass is 9.86. The number of rotatable bonds is 7. The third-order valence-corrected chi connectivity index (χ3v) is 6.28. The van der Waals surface area contributed by atoms with Crippen LogP contribution in [0.4, 0.5) is 0 Å². The van der Waals surface area contributed by atoms with Gasteiger partial charge >= 0.3 is 0 Å². The lowest BCUT2D eigenvalue weighted by Crippen LogP contribution is -2.22. The first-order valence-electron chi connectivity index (χ1n) is 11.6. The molecule has 0 unspecified atom stereocenters. The first kappa shape index (κ1) is 22.3. The molecule has 1 saturated heterocycles. The molecule has 0 atom stereocenters. The van der Waals surface area contributed by atoms with E-state index in [0.29, 0.717) is 23.0 Å². The number of pyridine rings is 1. The van der Waals surface area contributed by atoms with Gasteiger partial charge < -0.3 is 24.4 Å². The molecule has 0 aliphatic carbocycles. The number of carbonyl (C=O) groups excluding carboxylic acids is 1. The number of nitrogens with one attached hydrogen (secondary N) is 2. The Hall–Kier alpha value is -3.49. The molecule has 0 bridgehead atoms. The molecule has 34 heavy (non-hydrogen) atoms. The summed E-state index contributed by atoms with van der Waals surface area (Å²) in [5, 5.41) is 3.64. The Labute approximate surface area is 198 Å². The van der Waals surface area contributed by atoms with E-state index >= 15 is 0 Å². The molecule has 3 aromatic heterocycles. The fourth-order valence-electron chi connectivity index (χ4n) is 4.61. The summed E-state index contributed by atoms with van der Waals surface area (Å²) in [6, 6.07) is 8.72. The number of ether oxygens (including phenoxy) is 1. The van der Waals surface area contributed by atoms with Crippen LogP contribution in [0, 0.1) is 0 Å². The van der Waals surface area contributed by atoms with Gasteiger partial charge in [-0.25, -0.2) is 9.97 Å². The predicted octanol–water partition coefficient (Wildman–Crippen LogP) is 4.10. The second kappa shape index (κ2) is 9.79. The van der Waals surface area contributed by atoms with Gasteiger partial charge in [-0.15, -0.1) is 0 Å². The van der Waals surface area contributed by atoms with Gasteiger partial charge in [0.25, 0.3) is 5.91 Å². The van der Waals surface area contributed by atoms with Crippen LogP contribution < -0.4 is 5.32 Å². The first-order valence-corrected chi connectivity index (χ1v) is 11.6. The fraction of sp³-hybridized carbons (Fsp3) is 0.346. The molecule has 0 saturated carbocycles. The van der Waals surface area contributed by atoms with E-state index in [4.69, 9.17) is 9.15 Å². The highest BCUT2D eigenvalue weighted by molar-refractivity contribution is 6.06. The summed E-state index contributed by atoms with van der Waals surface area (Å²) in [4.78, 5) is 26.7. The van der Waals surface area contributed by atoms with E-state index in [0.717, 1.165) is 49.1 Å². The quantitative estimate of drug-likeness (QED) is 0.432. The van der Waals surface area contributed by atoms with Crippen LogP contribution in [0.2, 0.25) is 0 Å². The van der Waals surface area contributed by atoms with Crippen LogP contribution in [-0.2, 0) is 17.8 Å². The number of oxazole rings is 1. The number of aromatic amines is 1. The lowest BCUT2D eigenvalue weighted by Gasteiger charge is -2.26. The van der Waals surface area contributed by atoms with Gasteiger partial charge in [0.1, 0.15) is 11.9 Å². The maximum absolute atomic E-state index is 12.8. The molecule has 4 heterocycles. The van der Waals surface area contributed by atoms with Gasteiger partial charge in [-0.1, -0.05) is 12.1 Å². The molecule has 8 heteroatoms. The maximum atomic E-state index is 12.8. The third-order valence-electron chi connectivity index (χ3n) is 6.28. The fourth-order valence-corrected chi connectivity index (χ4v) is 4.61. The number of carbonyl (C=O) groups is 1. The third kappa shape index (κ3) is 4.73. The Morgan fingerprint density at radius 1 is 1.18 bits per heavy atom. The van der Waals surface area contributed by atoms with Crippen LogP contribution >= 0.6 is 0 Å². The van der Waals surface area contributed by atoms with Gasteiger partial charge in [-0.2, -0.15) is 0 Å². The topological polar surface area (TPSA) is 96.3 Å². The average Bonchev–Trinajstić information content (AvgIpc) is 3.52. The second-order valence-corrected chi connectivity index (χ2v) is 8.97. The van der Waals surface area contributed by atoms with Crippen molar-refractivity contribution in [2.24, 2.45) is 0 Å². The Balaban J connectivity index is 1.45. The van der Waals surface area contributed by atoms with Crippen LogP contribution in [0.3, 0.4) is 0 Å². The SMILES string of the molecule is CN(C)Cc1cc(-c2cnc3[nH]cc(C(=O)NCc4ncco4)c3c2)ccc1C1CCOCC1. The number of hydrogen-bond acceptors (Lipinski definition) is 6. The summed E-state index contributed by atoms with van der Waals surface area (Å²) >= 11 is 0. The van der Waals surface area contributed by atoms with Crippen molar-refractivity contribution in [3.05, 3.63) is 71.7 Å². The molecule has 1 aromatic carbocycles. The highest BCUT2D eigenvalue weighted by Crippen LogP contribution is 2.33. The summed E-state index contributed by atoms with van der Waals surface area (Å²) in [6.07, 6.45) is 8.71. The number of benzene rings is 1. The minimum absolute atomic E-state index is 0.202. The van der Waals surface area contributed by atoms with E-state index in [9.17, 15) is 4.79 Å². The van der Waals surface area contributed by atoms with Crippen LogP contribution in [0.25, 0.3) is 22.2 Å². The molecule has 0 radical (unpaired) electrons. The van der Waals surface area contributed by atoms with Crippen molar-refractivity contribution in [3.63, 3.8) is 0 Å². The Morgan fingerprint density at radius 3 is 2.79 bits per heavy atom. The van der Waals surface area contributed by atoms with Crippen molar-refractivity contribution in [2.75, 3.05) is 27.3 Å². The standard InChI is InChI=1S/C26H29N5O3/c1-31(2)16-20-11-18(3-4-21(20)17-5-8-33-9-6-17)19-12-22-23(14-29-25(22)28-13-19)26(32)30-15-24-27-7-10-34-24/h3-4,7,10-14,17H,5-6,8-9,15-16H2,1-2H3,(H,28,29)(H,30,32). The first-order chi connectivity index (χ1) is 16.6. The van der Waals surface area contributed by atoms with E-state index in [1.54, 1.807) is 12.4 Å². The van der Waals surface area contributed by atoms with Crippen LogP contribution in [0.1, 0.15) is 46.1 Å². The molecule has 1 aliphatic rings. The van der Waals surface area contributed by atoms with E-state index in [2.05, 4.69) is 57.5 Å². The predicted molar refractivity (Wildman–Crippen MR) is 129 cm³/mol. The largest absolute Gasteiger partial charge is 0.447 e. The molecule has 2 N–H and O–H groups in total. The zero-order valence-electron chi connectivity index (χ0n) is 19.5. The lowest BCUT2D eigenvalue weighted by molar-refractivity contribution is 0.0850. The molecular weight excluding hydrogens is 430 g/mol. The summed E-state index contributed by atoms with van der Waals surface area (Å²) in [5.74, 6) is 0.790. The van der Waals surface area contributed by atoms with E-state index in [-0.39, 0.29) is 12.5 Å². The highest BCUT2D eigenvalue weighted by atomic mass is 16.5. The Morgan fingerprint density at radius 2 is 2.03 bits per heavy atom. The van der Waals surface area contributed by atoms with Crippen molar-refractivity contribution >= 4 is 16.9 Å². The zero-order chi connectivity index (χ0) is 23.5. The summed E-state index contributed by atoms with van der Waals surface area (Å²) in [5.41, 5.74) is 6.03. The zero-order valence-corrected chi connectivity index (χ0v) is 19.5. The Bertz CT molecular complexity index is 1270. The minimum atomic E-state index is -0.202. The number of H-pyrrole nitrogens is 1. The highest BCUT2D eigenvalue weighted by Gasteiger charge is 2.20. The van der Waals surface area contributed by atoms with Gasteiger partial charge in [0.15, 0.2) is 0 Å². The molecular formula is C26H29N5O3. The molecule has 1 aliphatic heterocycles. The average molecular weight is 460 g/mol. The summed E-state index contributed by atoms with van der Waals surface area (Å²) in [6.45, 7) is 2.74. The molecule has 1 fully saturated rings. The van der Waals surface area contributed by atoms with Crippen molar-refractivity contribution in [1.29, 1.82) is 0 Å². The van der Waals surface area contributed by atoms with Gasteiger partial charge in [0.2, 0.25) is 5.89 Å². The molecule has 1 amide bonds. The molecule has 0 spiro atoms. The second-order valence-electron chi connectivity index (χ2n) is 8.97. The van der Waals surface area contributed by atoms with E-state index in [1.165, 1.54) is 17.4 Å². The van der Waals surface area contributed by atoms with Gasteiger partial charge in [-0.05, 0) is 61.7 Å². The van der Waals surface area contributed by atoms with Gasteiger partial charge in [0, 0.05) is 43.1 Å². The number of aromatic nitrogens is 3. The number of amides is 1. The molecule has 4 aromatic rings. The molecule has 5 rings (SSSR count). The van der Waals surface area contributed by atoms with Crippen molar-refractivity contribution in [1.82, 2.24) is 25.2 Å². The number of nitrogens with zero attached hydrogens (tertiary/aromatic N) is 3. The maximum Gasteiger partial charge on any atom is 0.253 e. The summed E-state index contributed by atoms with van der Waals surface area (Å²) < 4.78 is 10.8. The van der Waals surface area contributed by atoms with Crippen molar-refractivity contribution < 1.29 is 13.9 Å². The summed E-state index contributed by atoms with van der Waals surface area (Å²) in [7, 11) is 4.19. The number of fused-ring (bicyclic) bond motifs is 1. The molecule has 176 valence electrons. The smallest absolute Gasteiger partial charge is 0.253 e.